The van der Waals surface area contributed by atoms with E-state index in [1.807, 2.05) is 6.07 Å². The summed E-state index contributed by atoms with van der Waals surface area (Å²) in [6.45, 7) is -0.278. The van der Waals surface area contributed by atoms with Crippen LogP contribution in [0.15, 0.2) is 33.5 Å². The third kappa shape index (κ3) is 2.04. The number of nitrogens with zero attached hydrogens (tertiary/aromatic N) is 2. The number of aliphatic hydroxyl groups is 1. The van der Waals surface area contributed by atoms with Gasteiger partial charge in [0.15, 0.2) is 6.23 Å². The summed E-state index contributed by atoms with van der Waals surface area (Å²) in [4.78, 5) is 24.5. The normalized spacial score (nSPS) is 23.2. The fourth-order valence-corrected chi connectivity index (χ4v) is 1.58. The van der Waals surface area contributed by atoms with E-state index in [1.165, 1.54) is 12.3 Å². The Balaban J connectivity index is 2.42. The van der Waals surface area contributed by atoms with Crippen LogP contribution in [0, 0.1) is 11.3 Å². The number of H-pyrrole nitrogens is 1. The molecule has 0 saturated heterocycles. The van der Waals surface area contributed by atoms with Crippen LogP contribution in [-0.4, -0.2) is 27.4 Å². The van der Waals surface area contributed by atoms with Gasteiger partial charge in [-0.1, -0.05) is 0 Å². The van der Waals surface area contributed by atoms with Gasteiger partial charge in [0, 0.05) is 12.3 Å². The summed E-state index contributed by atoms with van der Waals surface area (Å²) in [6, 6.07) is 3.05. The van der Waals surface area contributed by atoms with Gasteiger partial charge in [0.1, 0.15) is 6.10 Å². The van der Waals surface area contributed by atoms with Crippen LogP contribution in [0.1, 0.15) is 6.23 Å². The number of hydrogen-bond acceptors (Lipinski definition) is 5. The molecule has 2 atom stereocenters. The van der Waals surface area contributed by atoms with E-state index in [0.29, 0.717) is 0 Å². The number of aliphatic hydroxyl groups excluding tert-OH is 1. The Hall–Kier alpha value is -2.17. The monoisotopic (exact) mass is 235 g/mol. The lowest BCUT2D eigenvalue weighted by molar-refractivity contribution is -0.0129. The molecule has 17 heavy (non-hydrogen) atoms. The topological polar surface area (TPSA) is 108 Å². The second kappa shape index (κ2) is 4.37. The molecule has 1 aliphatic heterocycles. The molecule has 0 aliphatic carbocycles. The average molecular weight is 235 g/mol. The maximum atomic E-state index is 11.5. The number of hydrogen-bond donors (Lipinski definition) is 2. The molecule has 0 unspecified atom stereocenters. The van der Waals surface area contributed by atoms with Gasteiger partial charge in [0.25, 0.3) is 5.56 Å². The van der Waals surface area contributed by atoms with E-state index in [0.717, 1.165) is 10.6 Å². The zero-order valence-electron chi connectivity index (χ0n) is 8.66. The van der Waals surface area contributed by atoms with Gasteiger partial charge in [0.2, 0.25) is 0 Å². The Morgan fingerprint density at radius 2 is 2.35 bits per heavy atom. The second-order valence-electron chi connectivity index (χ2n) is 3.46. The molecule has 1 aromatic rings. The van der Waals surface area contributed by atoms with Crippen molar-refractivity contribution in [2.45, 2.75) is 12.3 Å². The van der Waals surface area contributed by atoms with Crippen molar-refractivity contribution in [3.63, 3.8) is 0 Å². The molecule has 1 aromatic heterocycles. The smallest absolute Gasteiger partial charge is 0.330 e. The molecule has 7 heteroatoms. The maximum absolute atomic E-state index is 11.5. The Bertz CT molecular complexity index is 607. The summed E-state index contributed by atoms with van der Waals surface area (Å²) in [6.07, 6.45) is 1.17. The molecule has 0 saturated carbocycles. The molecule has 88 valence electrons. The quantitative estimate of drug-likeness (QED) is 0.674. The third-order valence-corrected chi connectivity index (χ3v) is 2.35. The first-order valence-corrected chi connectivity index (χ1v) is 4.85. The van der Waals surface area contributed by atoms with Crippen molar-refractivity contribution >= 4 is 0 Å². The van der Waals surface area contributed by atoms with Crippen molar-refractivity contribution in [2.75, 3.05) is 6.61 Å². The van der Waals surface area contributed by atoms with E-state index in [1.54, 1.807) is 0 Å². The van der Waals surface area contributed by atoms with E-state index in [2.05, 4.69) is 4.98 Å². The molecule has 1 aliphatic rings. The molecule has 2 N–H and O–H groups in total. The van der Waals surface area contributed by atoms with E-state index in [-0.39, 0.29) is 12.2 Å². The molecule has 2 heterocycles. The first kappa shape index (κ1) is 11.3. The summed E-state index contributed by atoms with van der Waals surface area (Å²) in [5.74, 6) is 0. The third-order valence-electron chi connectivity index (χ3n) is 2.35. The lowest BCUT2D eigenvalue weighted by Gasteiger charge is -2.15. The van der Waals surface area contributed by atoms with E-state index >= 15 is 0 Å². The molecule has 0 bridgehead atoms. The van der Waals surface area contributed by atoms with Crippen LogP contribution < -0.4 is 11.2 Å². The first-order chi connectivity index (χ1) is 8.15. The fourth-order valence-electron chi connectivity index (χ4n) is 1.58. The lowest BCUT2D eigenvalue weighted by atomic mass is 10.2. The number of rotatable bonds is 2. The van der Waals surface area contributed by atoms with Gasteiger partial charge in [-0.05, 0) is 6.08 Å². The van der Waals surface area contributed by atoms with Crippen molar-refractivity contribution in [3.8, 4) is 6.07 Å². The maximum Gasteiger partial charge on any atom is 0.330 e. The average Bonchev–Trinajstić information content (AvgIpc) is 2.72. The van der Waals surface area contributed by atoms with E-state index in [4.69, 9.17) is 15.1 Å². The standard InChI is InChI=1S/C10H9N3O4/c11-4-6-3-7(5-14)17-9(6)13-2-1-8(15)12-10(13)16/h1-3,7,9,14H,5H2,(H,12,15,16)/t7-,9+/m0/s1. The Labute approximate surface area is 95.2 Å². The SMILES string of the molecule is N#CC1=C[C@@H](CO)O[C@H]1n1ccc(=O)[nH]c1=O. The zero-order valence-corrected chi connectivity index (χ0v) is 8.66. The summed E-state index contributed by atoms with van der Waals surface area (Å²) in [5, 5.41) is 17.8. The highest BCUT2D eigenvalue weighted by molar-refractivity contribution is 5.28. The lowest BCUT2D eigenvalue weighted by Crippen LogP contribution is -2.32. The number of aromatic amines is 1. The Morgan fingerprint density at radius 1 is 1.59 bits per heavy atom. The van der Waals surface area contributed by atoms with Gasteiger partial charge >= 0.3 is 5.69 Å². The highest BCUT2D eigenvalue weighted by atomic mass is 16.5. The predicted octanol–water partition coefficient (Wildman–Crippen LogP) is -1.12. The van der Waals surface area contributed by atoms with E-state index < -0.39 is 23.6 Å². The summed E-state index contributed by atoms with van der Waals surface area (Å²) >= 11 is 0. The highest BCUT2D eigenvalue weighted by Gasteiger charge is 2.28. The van der Waals surface area contributed by atoms with Crippen LogP contribution in [0.3, 0.4) is 0 Å². The molecule has 0 radical (unpaired) electrons. The Kier molecular flexibility index (Phi) is 2.91. The second-order valence-corrected chi connectivity index (χ2v) is 3.46. The van der Waals surface area contributed by atoms with Crippen molar-refractivity contribution in [1.29, 1.82) is 5.26 Å². The fraction of sp³-hybridized carbons (Fsp3) is 0.300. The number of ether oxygens (including phenoxy) is 1. The first-order valence-electron chi connectivity index (χ1n) is 4.85. The number of nitrogens with one attached hydrogen (secondary N) is 1. The summed E-state index contributed by atoms with van der Waals surface area (Å²) < 4.78 is 6.39. The van der Waals surface area contributed by atoms with Gasteiger partial charge in [-0.3, -0.25) is 14.3 Å². The van der Waals surface area contributed by atoms with Crippen molar-refractivity contribution in [1.82, 2.24) is 9.55 Å². The zero-order chi connectivity index (χ0) is 12.4. The van der Waals surface area contributed by atoms with Gasteiger partial charge in [-0.2, -0.15) is 5.26 Å². The number of aromatic nitrogens is 2. The minimum atomic E-state index is -0.901. The molecule has 2 rings (SSSR count). The largest absolute Gasteiger partial charge is 0.393 e. The summed E-state index contributed by atoms with van der Waals surface area (Å²) in [5.41, 5.74) is -0.967. The highest BCUT2D eigenvalue weighted by Crippen LogP contribution is 2.26. The molecule has 0 aromatic carbocycles. The molecule has 0 spiro atoms. The molecule has 0 fully saturated rings. The minimum Gasteiger partial charge on any atom is -0.393 e. The van der Waals surface area contributed by atoms with Crippen LogP contribution in [0.2, 0.25) is 0 Å². The van der Waals surface area contributed by atoms with Gasteiger partial charge in [-0.25, -0.2) is 4.79 Å². The molecular formula is C10H9N3O4. The van der Waals surface area contributed by atoms with Crippen LogP contribution in [-0.2, 0) is 4.74 Å². The van der Waals surface area contributed by atoms with Gasteiger partial charge in [0.05, 0.1) is 18.2 Å². The van der Waals surface area contributed by atoms with Crippen LogP contribution in [0.4, 0.5) is 0 Å². The van der Waals surface area contributed by atoms with Crippen LogP contribution in [0.5, 0.6) is 0 Å². The van der Waals surface area contributed by atoms with Crippen molar-refractivity contribution < 1.29 is 9.84 Å². The Morgan fingerprint density at radius 3 is 2.94 bits per heavy atom. The van der Waals surface area contributed by atoms with Gasteiger partial charge in [-0.15, -0.1) is 0 Å². The van der Waals surface area contributed by atoms with E-state index in [9.17, 15) is 9.59 Å². The summed E-state index contributed by atoms with van der Waals surface area (Å²) in [7, 11) is 0. The molecule has 7 nitrogen and oxygen atoms in total. The van der Waals surface area contributed by atoms with Gasteiger partial charge < -0.3 is 9.84 Å². The van der Waals surface area contributed by atoms with Crippen molar-refractivity contribution in [3.05, 3.63) is 44.8 Å². The van der Waals surface area contributed by atoms with Crippen LogP contribution in [0.25, 0.3) is 0 Å². The van der Waals surface area contributed by atoms with Crippen LogP contribution >= 0.6 is 0 Å². The minimum absolute atomic E-state index is 0.221. The number of nitriles is 1. The van der Waals surface area contributed by atoms with Crippen molar-refractivity contribution in [2.24, 2.45) is 0 Å². The molecular weight excluding hydrogens is 226 g/mol. The molecule has 0 amide bonds. The predicted molar refractivity (Wildman–Crippen MR) is 56.0 cm³/mol.